The minimum absolute atomic E-state index is 0.237. The van der Waals surface area contributed by atoms with Gasteiger partial charge in [0.1, 0.15) is 0 Å². The molecule has 0 saturated carbocycles. The standard InChI is InChI=1S/C17H19N3O/c1-3-4-14-5-7-15(8-6-14)13(2)19-20-17(21)16-9-11-18-12-10-16/h5-12H,3-4H2,1-2H3,(H,20,21)/b19-13-. The lowest BCUT2D eigenvalue weighted by Crippen LogP contribution is -2.19. The van der Waals surface area contributed by atoms with E-state index in [0.717, 1.165) is 24.1 Å². The predicted octanol–water partition coefficient (Wildman–Crippen LogP) is 3.19. The number of hydrogen-bond donors (Lipinski definition) is 1. The molecule has 1 amide bonds. The van der Waals surface area contributed by atoms with Gasteiger partial charge in [-0.1, -0.05) is 37.6 Å². The second-order valence-electron chi connectivity index (χ2n) is 4.82. The lowest BCUT2D eigenvalue weighted by Gasteiger charge is -2.04. The molecule has 0 bridgehead atoms. The van der Waals surface area contributed by atoms with Crippen molar-refractivity contribution in [2.75, 3.05) is 0 Å². The summed E-state index contributed by atoms with van der Waals surface area (Å²) in [6.45, 7) is 4.04. The van der Waals surface area contributed by atoms with Crippen LogP contribution in [0.4, 0.5) is 0 Å². The molecule has 0 aliphatic carbocycles. The lowest BCUT2D eigenvalue weighted by molar-refractivity contribution is 0.0954. The number of rotatable bonds is 5. The van der Waals surface area contributed by atoms with E-state index in [-0.39, 0.29) is 5.91 Å². The maximum Gasteiger partial charge on any atom is 0.271 e. The normalized spacial score (nSPS) is 11.2. The maximum absolute atomic E-state index is 11.9. The first-order valence-electron chi connectivity index (χ1n) is 7.04. The van der Waals surface area contributed by atoms with Crippen molar-refractivity contribution in [3.8, 4) is 0 Å². The highest BCUT2D eigenvalue weighted by molar-refractivity contribution is 6.00. The molecule has 2 rings (SSSR count). The molecule has 0 atom stereocenters. The van der Waals surface area contributed by atoms with Crippen molar-refractivity contribution < 1.29 is 4.79 Å². The number of carbonyl (C=O) groups is 1. The second-order valence-corrected chi connectivity index (χ2v) is 4.82. The average molecular weight is 281 g/mol. The molecule has 4 heteroatoms. The minimum atomic E-state index is -0.237. The molecule has 0 unspecified atom stereocenters. The van der Waals surface area contributed by atoms with Crippen molar-refractivity contribution in [1.82, 2.24) is 10.4 Å². The molecule has 2 aromatic rings. The summed E-state index contributed by atoms with van der Waals surface area (Å²) in [4.78, 5) is 15.8. The van der Waals surface area contributed by atoms with Crippen molar-refractivity contribution in [2.24, 2.45) is 5.10 Å². The van der Waals surface area contributed by atoms with Crippen LogP contribution in [0.3, 0.4) is 0 Å². The summed E-state index contributed by atoms with van der Waals surface area (Å²) in [5.74, 6) is -0.237. The van der Waals surface area contributed by atoms with Crippen molar-refractivity contribution in [3.63, 3.8) is 0 Å². The smallest absolute Gasteiger partial charge is 0.267 e. The van der Waals surface area contributed by atoms with Gasteiger partial charge < -0.3 is 0 Å². The number of aryl methyl sites for hydroxylation is 1. The van der Waals surface area contributed by atoms with Crippen LogP contribution in [0.15, 0.2) is 53.9 Å². The van der Waals surface area contributed by atoms with E-state index < -0.39 is 0 Å². The van der Waals surface area contributed by atoms with Crippen LogP contribution in [0.25, 0.3) is 0 Å². The Morgan fingerprint density at radius 3 is 2.38 bits per heavy atom. The summed E-state index contributed by atoms with van der Waals surface area (Å²) in [6.07, 6.45) is 5.37. The number of nitrogens with zero attached hydrogens (tertiary/aromatic N) is 2. The van der Waals surface area contributed by atoms with E-state index in [9.17, 15) is 4.79 Å². The second kappa shape index (κ2) is 7.33. The van der Waals surface area contributed by atoms with Crippen molar-refractivity contribution in [3.05, 3.63) is 65.5 Å². The van der Waals surface area contributed by atoms with Crippen molar-refractivity contribution >= 4 is 11.6 Å². The molecule has 0 aliphatic rings. The first kappa shape index (κ1) is 14.9. The van der Waals surface area contributed by atoms with E-state index in [4.69, 9.17) is 0 Å². The number of benzene rings is 1. The van der Waals surface area contributed by atoms with Crippen molar-refractivity contribution in [2.45, 2.75) is 26.7 Å². The quantitative estimate of drug-likeness (QED) is 0.676. The summed E-state index contributed by atoms with van der Waals surface area (Å²) in [5.41, 5.74) is 6.20. The predicted molar refractivity (Wildman–Crippen MR) is 84.4 cm³/mol. The van der Waals surface area contributed by atoms with Crippen LogP contribution in [-0.2, 0) is 6.42 Å². The molecule has 1 aromatic heterocycles. The largest absolute Gasteiger partial charge is 0.271 e. The minimum Gasteiger partial charge on any atom is -0.267 e. The Balaban J connectivity index is 2.02. The third kappa shape index (κ3) is 4.24. The van der Waals surface area contributed by atoms with Gasteiger partial charge in [-0.05, 0) is 36.6 Å². The fourth-order valence-electron chi connectivity index (χ4n) is 1.97. The molecular formula is C17H19N3O. The first-order valence-corrected chi connectivity index (χ1v) is 7.04. The highest BCUT2D eigenvalue weighted by Crippen LogP contribution is 2.07. The van der Waals surface area contributed by atoms with Gasteiger partial charge in [0.15, 0.2) is 0 Å². The SMILES string of the molecule is CCCc1ccc(/C(C)=N\NC(=O)c2ccncc2)cc1. The Morgan fingerprint density at radius 1 is 1.10 bits per heavy atom. The summed E-state index contributed by atoms with van der Waals surface area (Å²) in [7, 11) is 0. The molecule has 0 spiro atoms. The van der Waals surface area contributed by atoms with E-state index >= 15 is 0 Å². The van der Waals surface area contributed by atoms with Gasteiger partial charge in [-0.15, -0.1) is 0 Å². The fraction of sp³-hybridized carbons (Fsp3) is 0.235. The molecule has 1 aromatic carbocycles. The van der Waals surface area contributed by atoms with Crippen LogP contribution in [0.1, 0.15) is 41.8 Å². The number of nitrogens with one attached hydrogen (secondary N) is 1. The number of pyridine rings is 1. The third-order valence-corrected chi connectivity index (χ3v) is 3.18. The molecule has 108 valence electrons. The van der Waals surface area contributed by atoms with E-state index in [1.165, 1.54) is 5.56 Å². The molecule has 1 N–H and O–H groups in total. The Kier molecular flexibility index (Phi) is 5.21. The molecule has 0 fully saturated rings. The molecule has 0 radical (unpaired) electrons. The highest BCUT2D eigenvalue weighted by atomic mass is 16.2. The number of hydrazone groups is 1. The van der Waals surface area contributed by atoms with Gasteiger partial charge in [0, 0.05) is 18.0 Å². The Hall–Kier alpha value is -2.49. The van der Waals surface area contributed by atoms with Crippen LogP contribution in [-0.4, -0.2) is 16.6 Å². The van der Waals surface area contributed by atoms with Crippen LogP contribution in [0, 0.1) is 0 Å². The van der Waals surface area contributed by atoms with E-state index in [0.29, 0.717) is 5.56 Å². The summed E-state index contributed by atoms with van der Waals surface area (Å²) >= 11 is 0. The summed E-state index contributed by atoms with van der Waals surface area (Å²) in [5, 5.41) is 4.14. The average Bonchev–Trinajstić information content (AvgIpc) is 2.54. The van der Waals surface area contributed by atoms with Gasteiger partial charge in [-0.3, -0.25) is 9.78 Å². The Labute approximate surface area is 124 Å². The maximum atomic E-state index is 11.9. The molecule has 21 heavy (non-hydrogen) atoms. The number of hydrogen-bond acceptors (Lipinski definition) is 3. The Bertz CT molecular complexity index is 618. The summed E-state index contributed by atoms with van der Waals surface area (Å²) in [6, 6.07) is 11.6. The molecule has 0 saturated heterocycles. The van der Waals surface area contributed by atoms with E-state index in [1.807, 2.05) is 19.1 Å². The summed E-state index contributed by atoms with van der Waals surface area (Å²) < 4.78 is 0. The third-order valence-electron chi connectivity index (χ3n) is 3.18. The van der Waals surface area contributed by atoms with Crippen LogP contribution < -0.4 is 5.43 Å². The van der Waals surface area contributed by atoms with Crippen LogP contribution >= 0.6 is 0 Å². The van der Waals surface area contributed by atoms with Gasteiger partial charge in [-0.25, -0.2) is 5.43 Å². The zero-order valence-corrected chi connectivity index (χ0v) is 12.3. The Morgan fingerprint density at radius 2 is 1.76 bits per heavy atom. The fourth-order valence-corrected chi connectivity index (χ4v) is 1.97. The lowest BCUT2D eigenvalue weighted by atomic mass is 10.1. The first-order chi connectivity index (χ1) is 10.2. The number of amides is 1. The highest BCUT2D eigenvalue weighted by Gasteiger charge is 2.04. The molecule has 1 heterocycles. The van der Waals surface area contributed by atoms with E-state index in [2.05, 4.69) is 34.6 Å². The zero-order chi connectivity index (χ0) is 15.1. The number of aromatic nitrogens is 1. The van der Waals surface area contributed by atoms with Gasteiger partial charge in [0.25, 0.3) is 5.91 Å². The topological polar surface area (TPSA) is 54.4 Å². The molecule has 4 nitrogen and oxygen atoms in total. The van der Waals surface area contributed by atoms with Crippen LogP contribution in [0.2, 0.25) is 0 Å². The van der Waals surface area contributed by atoms with Gasteiger partial charge in [0.05, 0.1) is 5.71 Å². The van der Waals surface area contributed by atoms with Crippen molar-refractivity contribution in [1.29, 1.82) is 0 Å². The van der Waals surface area contributed by atoms with Gasteiger partial charge in [-0.2, -0.15) is 5.10 Å². The molecular weight excluding hydrogens is 262 g/mol. The number of carbonyl (C=O) groups excluding carboxylic acids is 1. The van der Waals surface area contributed by atoms with E-state index in [1.54, 1.807) is 24.5 Å². The van der Waals surface area contributed by atoms with Gasteiger partial charge >= 0.3 is 0 Å². The monoisotopic (exact) mass is 281 g/mol. The van der Waals surface area contributed by atoms with Crippen LogP contribution in [0.5, 0.6) is 0 Å². The van der Waals surface area contributed by atoms with Gasteiger partial charge in [0.2, 0.25) is 0 Å². The zero-order valence-electron chi connectivity index (χ0n) is 12.3. The molecule has 0 aliphatic heterocycles.